The number of aryl methyl sites for hydroxylation is 1. The molecular weight excluding hydrogens is 692 g/mol. The highest BCUT2D eigenvalue weighted by Gasteiger charge is 2.48. The summed E-state index contributed by atoms with van der Waals surface area (Å²) in [5.74, 6) is -0.109. The lowest BCUT2D eigenvalue weighted by Crippen LogP contribution is -2.39. The SMILES string of the molecule is CC.CC.COc1cc(C)c2c(ccn2C(=O)OC(C)(C)C)c1CN1CCCN(CC(F)(F)F)CC1c1ccc(OS(=O)(=O)C(F)(F)F)cc1. The Kier molecular flexibility index (Phi) is 14.6. The summed E-state index contributed by atoms with van der Waals surface area (Å²) < 4.78 is 119. The van der Waals surface area contributed by atoms with Gasteiger partial charge in [0, 0.05) is 42.8 Å². The third kappa shape index (κ3) is 11.0. The number of hydrogen-bond acceptors (Lipinski definition) is 8. The monoisotopic (exact) mass is 739 g/mol. The van der Waals surface area contributed by atoms with Crippen molar-refractivity contribution >= 4 is 27.1 Å². The van der Waals surface area contributed by atoms with E-state index < -0.39 is 51.8 Å². The summed E-state index contributed by atoms with van der Waals surface area (Å²) >= 11 is 0. The van der Waals surface area contributed by atoms with Crippen LogP contribution in [0.1, 0.15) is 77.6 Å². The average Bonchev–Trinajstić information content (AvgIpc) is 3.38. The van der Waals surface area contributed by atoms with Gasteiger partial charge in [0.25, 0.3) is 0 Å². The number of methoxy groups -OCH3 is 1. The summed E-state index contributed by atoms with van der Waals surface area (Å²) in [4.78, 5) is 16.2. The standard InChI is InChI=1S/C30H35F6N3O6S.2C2H6/c1-19-15-25(43-5)23(22-11-14-39(26(19)22)27(40)44-28(2,3)4)16-38-13-6-12-37(18-29(31,32)33)17-24(38)20-7-9-21(10-8-20)45-46(41,42)30(34,35)36;2*1-2/h7-11,14-15,24H,6,12-13,16-18H2,1-5H3;2*1-2H3. The Morgan fingerprint density at radius 2 is 1.54 bits per heavy atom. The lowest BCUT2D eigenvalue weighted by molar-refractivity contribution is -0.146. The van der Waals surface area contributed by atoms with Crippen molar-refractivity contribution in [2.24, 2.45) is 0 Å². The zero-order valence-electron chi connectivity index (χ0n) is 29.8. The molecule has 0 spiro atoms. The van der Waals surface area contributed by atoms with E-state index in [1.165, 1.54) is 28.7 Å². The van der Waals surface area contributed by atoms with Crippen LogP contribution >= 0.6 is 0 Å². The molecule has 0 N–H and O–H groups in total. The summed E-state index contributed by atoms with van der Waals surface area (Å²) in [5.41, 5.74) is -4.00. The Morgan fingerprint density at radius 3 is 2.06 bits per heavy atom. The van der Waals surface area contributed by atoms with Crippen molar-refractivity contribution in [3.05, 3.63) is 59.3 Å². The van der Waals surface area contributed by atoms with Crippen LogP contribution in [-0.4, -0.2) is 79.5 Å². The maximum atomic E-state index is 13.5. The second kappa shape index (κ2) is 17.1. The van der Waals surface area contributed by atoms with Crippen LogP contribution in [-0.2, 0) is 21.4 Å². The van der Waals surface area contributed by atoms with E-state index in [0.29, 0.717) is 40.7 Å². The summed E-state index contributed by atoms with van der Waals surface area (Å²) in [6.45, 7) is 14.4. The minimum absolute atomic E-state index is 0.0865. The van der Waals surface area contributed by atoms with Crippen LogP contribution in [0.5, 0.6) is 11.5 Å². The van der Waals surface area contributed by atoms with Gasteiger partial charge < -0.3 is 13.7 Å². The van der Waals surface area contributed by atoms with Crippen molar-refractivity contribution in [2.45, 2.75) is 91.7 Å². The van der Waals surface area contributed by atoms with E-state index in [2.05, 4.69) is 4.18 Å². The fourth-order valence-corrected chi connectivity index (χ4v) is 5.96. The molecule has 1 aromatic heterocycles. The second-order valence-corrected chi connectivity index (χ2v) is 13.6. The molecule has 9 nitrogen and oxygen atoms in total. The largest absolute Gasteiger partial charge is 0.534 e. The maximum absolute atomic E-state index is 13.5. The zero-order valence-corrected chi connectivity index (χ0v) is 30.6. The maximum Gasteiger partial charge on any atom is 0.534 e. The predicted octanol–water partition coefficient (Wildman–Crippen LogP) is 8.83. The highest BCUT2D eigenvalue weighted by molar-refractivity contribution is 7.88. The van der Waals surface area contributed by atoms with E-state index in [-0.39, 0.29) is 19.6 Å². The zero-order chi connectivity index (χ0) is 38.2. The van der Waals surface area contributed by atoms with Crippen molar-refractivity contribution in [1.82, 2.24) is 14.4 Å². The van der Waals surface area contributed by atoms with E-state index in [4.69, 9.17) is 9.47 Å². The number of carbonyl (C=O) groups is 1. The molecule has 1 saturated heterocycles. The minimum atomic E-state index is -5.91. The summed E-state index contributed by atoms with van der Waals surface area (Å²) in [5, 5.41) is 0.666. The Hall–Kier alpha value is -3.50. The fourth-order valence-electron chi connectivity index (χ4n) is 5.50. The number of halogens is 6. The number of rotatable bonds is 7. The third-order valence-electron chi connectivity index (χ3n) is 7.35. The van der Waals surface area contributed by atoms with Gasteiger partial charge in [-0.05, 0) is 76.1 Å². The van der Waals surface area contributed by atoms with Crippen molar-refractivity contribution in [1.29, 1.82) is 0 Å². The molecule has 1 unspecified atom stereocenters. The van der Waals surface area contributed by atoms with Gasteiger partial charge in [0.2, 0.25) is 0 Å². The van der Waals surface area contributed by atoms with Gasteiger partial charge in [-0.15, -0.1) is 0 Å². The Balaban J connectivity index is 0.00000209. The molecule has 2 heterocycles. The van der Waals surface area contributed by atoms with Crippen LogP contribution < -0.4 is 8.92 Å². The van der Waals surface area contributed by atoms with Crippen molar-refractivity contribution in [3.8, 4) is 11.5 Å². The first-order valence-electron chi connectivity index (χ1n) is 16.2. The van der Waals surface area contributed by atoms with Gasteiger partial charge in [-0.25, -0.2) is 4.79 Å². The number of nitrogens with zero attached hydrogens (tertiary/aromatic N) is 3. The van der Waals surface area contributed by atoms with E-state index in [1.807, 2.05) is 39.5 Å². The molecule has 1 aliphatic heterocycles. The van der Waals surface area contributed by atoms with E-state index in [1.54, 1.807) is 39.1 Å². The molecule has 1 aliphatic rings. The van der Waals surface area contributed by atoms with Gasteiger partial charge in [0.15, 0.2) is 0 Å². The molecule has 0 amide bonds. The Bertz CT molecular complexity index is 1670. The normalized spacial score (nSPS) is 16.4. The smallest absolute Gasteiger partial charge is 0.496 e. The first kappa shape index (κ1) is 42.7. The Morgan fingerprint density at radius 1 is 0.940 bits per heavy atom. The third-order valence-corrected chi connectivity index (χ3v) is 8.33. The van der Waals surface area contributed by atoms with Gasteiger partial charge >= 0.3 is 27.9 Å². The Labute approximate surface area is 290 Å². The van der Waals surface area contributed by atoms with Crippen LogP contribution in [0.15, 0.2) is 42.6 Å². The van der Waals surface area contributed by atoms with Gasteiger partial charge in [0.05, 0.1) is 19.2 Å². The van der Waals surface area contributed by atoms with Gasteiger partial charge in [-0.3, -0.25) is 14.4 Å². The molecule has 0 aliphatic carbocycles. The first-order chi connectivity index (χ1) is 23.2. The minimum Gasteiger partial charge on any atom is -0.496 e. The lowest BCUT2D eigenvalue weighted by atomic mass is 10.0. The molecule has 1 atom stereocenters. The number of ether oxygens (including phenoxy) is 2. The van der Waals surface area contributed by atoms with Crippen LogP contribution in [0.3, 0.4) is 0 Å². The number of aromatic nitrogens is 1. The number of alkyl halides is 6. The van der Waals surface area contributed by atoms with E-state index in [9.17, 15) is 39.6 Å². The van der Waals surface area contributed by atoms with Crippen LogP contribution in [0, 0.1) is 6.92 Å². The molecule has 0 saturated carbocycles. The van der Waals surface area contributed by atoms with Gasteiger partial charge in [-0.2, -0.15) is 34.8 Å². The quantitative estimate of drug-likeness (QED) is 0.135. The number of benzene rings is 2. The summed E-state index contributed by atoms with van der Waals surface area (Å²) in [6, 6.07) is 7.51. The highest BCUT2D eigenvalue weighted by Crippen LogP contribution is 2.37. The van der Waals surface area contributed by atoms with E-state index in [0.717, 1.165) is 17.7 Å². The van der Waals surface area contributed by atoms with Gasteiger partial charge in [0.1, 0.15) is 17.1 Å². The predicted molar refractivity (Wildman–Crippen MR) is 180 cm³/mol. The lowest BCUT2D eigenvalue weighted by Gasteiger charge is -2.33. The number of carbonyl (C=O) groups excluding carboxylic acids is 1. The molecule has 3 aromatic rings. The summed E-state index contributed by atoms with van der Waals surface area (Å²) in [6.07, 6.45) is -3.12. The van der Waals surface area contributed by atoms with Crippen molar-refractivity contribution < 1.29 is 53.2 Å². The molecule has 0 radical (unpaired) electrons. The first-order valence-corrected chi connectivity index (χ1v) is 17.6. The molecule has 0 bridgehead atoms. The number of hydrogen-bond donors (Lipinski definition) is 0. The van der Waals surface area contributed by atoms with Crippen molar-refractivity contribution in [2.75, 3.05) is 33.3 Å². The average molecular weight is 740 g/mol. The van der Waals surface area contributed by atoms with Crippen molar-refractivity contribution in [3.63, 3.8) is 0 Å². The molecule has 282 valence electrons. The van der Waals surface area contributed by atoms with Crippen LogP contribution in [0.4, 0.5) is 31.1 Å². The molecule has 16 heteroatoms. The van der Waals surface area contributed by atoms with E-state index >= 15 is 0 Å². The highest BCUT2D eigenvalue weighted by atomic mass is 32.2. The second-order valence-electron chi connectivity index (χ2n) is 12.0. The topological polar surface area (TPSA) is 90.3 Å². The molecule has 2 aromatic carbocycles. The molecule has 4 rings (SSSR count). The fraction of sp³-hybridized carbons (Fsp3) is 0.559. The molecule has 50 heavy (non-hydrogen) atoms. The van der Waals surface area contributed by atoms with Crippen LogP contribution in [0.25, 0.3) is 10.9 Å². The summed E-state index contributed by atoms with van der Waals surface area (Å²) in [7, 11) is -4.43. The molecular formula is C34H47F6N3O6S. The number of fused-ring (bicyclic) bond motifs is 1. The van der Waals surface area contributed by atoms with Gasteiger partial charge in [-0.1, -0.05) is 39.8 Å². The molecule has 1 fully saturated rings. The van der Waals surface area contributed by atoms with Crippen LogP contribution in [0.2, 0.25) is 0 Å².